The Morgan fingerprint density at radius 3 is 2.30 bits per heavy atom. The summed E-state index contributed by atoms with van der Waals surface area (Å²) in [5.41, 5.74) is -1.01. The number of hydrogen-bond donors (Lipinski definition) is 3. The minimum atomic E-state index is -4.61. The van der Waals surface area contributed by atoms with Gasteiger partial charge in [-0.25, -0.2) is 4.79 Å². The summed E-state index contributed by atoms with van der Waals surface area (Å²) in [5, 5.41) is 6.43. The van der Waals surface area contributed by atoms with Gasteiger partial charge in [0.05, 0.1) is 30.5 Å². The molecular weight excluding hydrogens is 407 g/mol. The molecule has 2 aromatic rings. The average Bonchev–Trinajstić information content (AvgIpc) is 2.71. The maximum absolute atomic E-state index is 12.7. The molecule has 0 atom stereocenters. The Hall–Kier alpha value is -3.89. The zero-order valence-corrected chi connectivity index (χ0v) is 15.5. The van der Waals surface area contributed by atoms with Gasteiger partial charge in [0.2, 0.25) is 5.91 Å². The van der Waals surface area contributed by atoms with E-state index in [9.17, 15) is 32.3 Å². The van der Waals surface area contributed by atoms with Crippen LogP contribution in [0.4, 0.5) is 24.5 Å². The normalized spacial score (nSPS) is 10.7. The molecular formula is C19H16F3N3O5. The van der Waals surface area contributed by atoms with E-state index in [0.29, 0.717) is 6.07 Å². The van der Waals surface area contributed by atoms with Crippen LogP contribution in [0.15, 0.2) is 48.5 Å². The van der Waals surface area contributed by atoms with E-state index in [4.69, 9.17) is 0 Å². The van der Waals surface area contributed by atoms with Crippen LogP contribution in [0.3, 0.4) is 0 Å². The third-order valence-corrected chi connectivity index (χ3v) is 3.67. The first-order valence-electron chi connectivity index (χ1n) is 8.35. The van der Waals surface area contributed by atoms with Gasteiger partial charge in [-0.15, -0.1) is 0 Å². The van der Waals surface area contributed by atoms with Crippen molar-refractivity contribution in [2.75, 3.05) is 24.3 Å². The molecule has 0 unspecified atom stereocenters. The van der Waals surface area contributed by atoms with Gasteiger partial charge in [0.15, 0.2) is 0 Å². The van der Waals surface area contributed by atoms with Crippen LogP contribution in [0, 0.1) is 0 Å². The second kappa shape index (κ2) is 9.54. The fraction of sp³-hybridized carbons (Fsp3) is 0.158. The molecule has 0 aliphatic heterocycles. The molecule has 0 aromatic heterocycles. The molecule has 0 fully saturated rings. The van der Waals surface area contributed by atoms with Crippen LogP contribution in [0.5, 0.6) is 0 Å². The smallest absolute Gasteiger partial charge is 0.416 e. The van der Waals surface area contributed by atoms with Gasteiger partial charge in [0.25, 0.3) is 0 Å². The second-order valence-electron chi connectivity index (χ2n) is 5.80. The average molecular weight is 423 g/mol. The SMILES string of the molecule is COC(=O)c1ccccc1NC(=O)CNC(=O)C(=O)Nc1cccc(C(F)(F)F)c1. The molecule has 11 heteroatoms. The number of benzene rings is 2. The van der Waals surface area contributed by atoms with Crippen LogP contribution in [0.25, 0.3) is 0 Å². The van der Waals surface area contributed by atoms with Crippen molar-refractivity contribution in [3.05, 3.63) is 59.7 Å². The number of anilines is 2. The summed E-state index contributed by atoms with van der Waals surface area (Å²) in [4.78, 5) is 47.3. The molecule has 0 heterocycles. The molecule has 0 aliphatic carbocycles. The van der Waals surface area contributed by atoms with E-state index in [1.165, 1.54) is 25.3 Å². The zero-order chi connectivity index (χ0) is 22.3. The molecule has 0 saturated heterocycles. The van der Waals surface area contributed by atoms with Gasteiger partial charge in [-0.05, 0) is 30.3 Å². The van der Waals surface area contributed by atoms with Crippen LogP contribution in [-0.2, 0) is 25.3 Å². The monoisotopic (exact) mass is 423 g/mol. The number of nitrogens with one attached hydrogen (secondary N) is 3. The van der Waals surface area contributed by atoms with E-state index < -0.39 is 42.0 Å². The van der Waals surface area contributed by atoms with Gasteiger partial charge in [-0.2, -0.15) is 13.2 Å². The summed E-state index contributed by atoms with van der Waals surface area (Å²) in [7, 11) is 1.17. The number of carbonyl (C=O) groups excluding carboxylic acids is 4. The molecule has 3 amide bonds. The lowest BCUT2D eigenvalue weighted by Crippen LogP contribution is -2.40. The number of carbonyl (C=O) groups is 4. The summed E-state index contributed by atoms with van der Waals surface area (Å²) in [6, 6.07) is 9.70. The molecule has 2 rings (SSSR count). The number of methoxy groups -OCH3 is 1. The van der Waals surface area contributed by atoms with Crippen molar-refractivity contribution < 1.29 is 37.1 Å². The Morgan fingerprint density at radius 1 is 0.933 bits per heavy atom. The van der Waals surface area contributed by atoms with Gasteiger partial charge < -0.3 is 20.7 Å². The van der Waals surface area contributed by atoms with Crippen LogP contribution in [0.2, 0.25) is 0 Å². The van der Waals surface area contributed by atoms with E-state index in [0.717, 1.165) is 12.1 Å². The highest BCUT2D eigenvalue weighted by Crippen LogP contribution is 2.30. The predicted octanol–water partition coefficient (Wildman–Crippen LogP) is 2.19. The highest BCUT2D eigenvalue weighted by molar-refractivity contribution is 6.40. The van der Waals surface area contributed by atoms with Crippen molar-refractivity contribution >= 4 is 35.1 Å². The zero-order valence-electron chi connectivity index (χ0n) is 15.5. The summed E-state index contributed by atoms with van der Waals surface area (Å²) >= 11 is 0. The lowest BCUT2D eigenvalue weighted by molar-refractivity contribution is -0.137. The van der Waals surface area contributed by atoms with Crippen molar-refractivity contribution in [2.45, 2.75) is 6.18 Å². The predicted molar refractivity (Wildman–Crippen MR) is 99.5 cm³/mol. The number of halogens is 3. The first-order chi connectivity index (χ1) is 14.1. The highest BCUT2D eigenvalue weighted by atomic mass is 19.4. The van der Waals surface area contributed by atoms with Crippen LogP contribution in [0.1, 0.15) is 15.9 Å². The number of amides is 3. The Labute approximate surface area is 168 Å². The van der Waals surface area contributed by atoms with Crippen molar-refractivity contribution in [1.29, 1.82) is 0 Å². The Morgan fingerprint density at radius 2 is 1.63 bits per heavy atom. The molecule has 158 valence electrons. The molecule has 8 nitrogen and oxygen atoms in total. The molecule has 3 N–H and O–H groups in total. The number of hydrogen-bond acceptors (Lipinski definition) is 5. The maximum Gasteiger partial charge on any atom is 0.416 e. The van der Waals surface area contributed by atoms with Crippen LogP contribution >= 0.6 is 0 Å². The molecule has 0 aliphatic rings. The van der Waals surface area contributed by atoms with Gasteiger partial charge in [-0.1, -0.05) is 18.2 Å². The summed E-state index contributed by atoms with van der Waals surface area (Å²) in [6.07, 6.45) is -4.61. The van der Waals surface area contributed by atoms with E-state index in [-0.39, 0.29) is 16.9 Å². The molecule has 2 aromatic carbocycles. The van der Waals surface area contributed by atoms with E-state index in [1.54, 1.807) is 12.1 Å². The van der Waals surface area contributed by atoms with E-state index in [2.05, 4.69) is 10.1 Å². The van der Waals surface area contributed by atoms with Crippen molar-refractivity contribution in [1.82, 2.24) is 5.32 Å². The van der Waals surface area contributed by atoms with Crippen molar-refractivity contribution in [3.8, 4) is 0 Å². The lowest BCUT2D eigenvalue weighted by Gasteiger charge is -2.11. The molecule has 0 spiro atoms. The van der Waals surface area contributed by atoms with Gasteiger partial charge in [0, 0.05) is 5.69 Å². The van der Waals surface area contributed by atoms with Gasteiger partial charge >= 0.3 is 24.0 Å². The first-order valence-corrected chi connectivity index (χ1v) is 8.35. The third kappa shape index (κ3) is 6.06. The standard InChI is InChI=1S/C19H16F3N3O5/c1-30-18(29)13-7-2-3-8-14(13)25-15(26)10-23-16(27)17(28)24-12-6-4-5-11(9-12)19(20,21)22/h2-9H,10H2,1H3,(H,23,27)(H,24,28)(H,25,26). The number of rotatable bonds is 5. The van der Waals surface area contributed by atoms with Crippen molar-refractivity contribution in [2.24, 2.45) is 0 Å². The number of para-hydroxylation sites is 1. The molecule has 30 heavy (non-hydrogen) atoms. The quantitative estimate of drug-likeness (QED) is 0.504. The lowest BCUT2D eigenvalue weighted by atomic mass is 10.2. The Bertz CT molecular complexity index is 976. The van der Waals surface area contributed by atoms with Crippen LogP contribution in [-0.4, -0.2) is 37.3 Å². The van der Waals surface area contributed by atoms with Crippen LogP contribution < -0.4 is 16.0 Å². The number of alkyl halides is 3. The maximum atomic E-state index is 12.7. The largest absolute Gasteiger partial charge is 0.465 e. The summed E-state index contributed by atoms with van der Waals surface area (Å²) in [6.45, 7) is -0.621. The Kier molecular flexibility index (Phi) is 7.13. The fourth-order valence-corrected chi connectivity index (χ4v) is 2.28. The van der Waals surface area contributed by atoms with Gasteiger partial charge in [-0.3, -0.25) is 14.4 Å². The molecule has 0 radical (unpaired) electrons. The first kappa shape index (κ1) is 22.4. The highest BCUT2D eigenvalue weighted by Gasteiger charge is 2.30. The topological polar surface area (TPSA) is 114 Å². The third-order valence-electron chi connectivity index (χ3n) is 3.67. The second-order valence-corrected chi connectivity index (χ2v) is 5.80. The molecule has 0 saturated carbocycles. The van der Waals surface area contributed by atoms with E-state index in [1.807, 2.05) is 10.6 Å². The van der Waals surface area contributed by atoms with E-state index >= 15 is 0 Å². The summed E-state index contributed by atoms with van der Waals surface area (Å²) < 4.78 is 42.7. The minimum absolute atomic E-state index is 0.0852. The molecule has 0 bridgehead atoms. The minimum Gasteiger partial charge on any atom is -0.465 e. The fourth-order valence-electron chi connectivity index (χ4n) is 2.28. The van der Waals surface area contributed by atoms with Crippen molar-refractivity contribution in [3.63, 3.8) is 0 Å². The van der Waals surface area contributed by atoms with Gasteiger partial charge in [0.1, 0.15) is 0 Å². The summed E-state index contributed by atoms with van der Waals surface area (Å²) in [5.74, 6) is -3.91. The Balaban J connectivity index is 1.92. The number of ether oxygens (including phenoxy) is 1. The number of esters is 1.